The summed E-state index contributed by atoms with van der Waals surface area (Å²) in [6.07, 6.45) is 5.22. The summed E-state index contributed by atoms with van der Waals surface area (Å²) in [6.45, 7) is 3.15. The van der Waals surface area contributed by atoms with Crippen molar-refractivity contribution >= 4 is 11.6 Å². The Hall–Kier alpha value is -0.730. The zero-order valence-corrected chi connectivity index (χ0v) is 11.0. The van der Waals surface area contributed by atoms with E-state index in [0.29, 0.717) is 12.1 Å². The minimum absolute atomic E-state index is 0.296. The van der Waals surface area contributed by atoms with E-state index in [1.807, 2.05) is 24.3 Å². The van der Waals surface area contributed by atoms with Crippen molar-refractivity contribution < 1.29 is 4.74 Å². The number of likely N-dealkylation sites (N-methyl/N-ethyl adjacent to an activating group) is 1. The van der Waals surface area contributed by atoms with Crippen LogP contribution in [0.4, 0.5) is 0 Å². The minimum Gasteiger partial charge on any atom is -0.489 e. The largest absolute Gasteiger partial charge is 0.489 e. The van der Waals surface area contributed by atoms with Crippen molar-refractivity contribution in [1.82, 2.24) is 5.32 Å². The first-order valence-corrected chi connectivity index (χ1v) is 6.83. The summed E-state index contributed by atoms with van der Waals surface area (Å²) in [7, 11) is 0. The Kier molecular flexibility index (Phi) is 4.69. The van der Waals surface area contributed by atoms with Gasteiger partial charge < -0.3 is 10.1 Å². The molecular formula is C14H20ClNO. The molecule has 1 fully saturated rings. The second-order valence-electron chi connectivity index (χ2n) is 4.56. The van der Waals surface area contributed by atoms with Crippen LogP contribution in [0.3, 0.4) is 0 Å². The van der Waals surface area contributed by atoms with E-state index in [1.165, 1.54) is 19.3 Å². The highest BCUT2D eigenvalue weighted by Crippen LogP contribution is 2.24. The van der Waals surface area contributed by atoms with Gasteiger partial charge in [-0.3, -0.25) is 0 Å². The zero-order valence-electron chi connectivity index (χ0n) is 10.3. The van der Waals surface area contributed by atoms with Crippen LogP contribution in [0, 0.1) is 0 Å². The number of rotatable bonds is 4. The van der Waals surface area contributed by atoms with E-state index in [1.54, 1.807) is 0 Å². The lowest BCUT2D eigenvalue weighted by Gasteiger charge is -2.32. The molecule has 3 heteroatoms. The molecule has 1 aliphatic carbocycles. The average Bonchev–Trinajstić information content (AvgIpc) is 2.35. The molecule has 1 aromatic rings. The van der Waals surface area contributed by atoms with E-state index in [4.69, 9.17) is 16.3 Å². The van der Waals surface area contributed by atoms with Gasteiger partial charge in [-0.15, -0.1) is 0 Å². The highest BCUT2D eigenvalue weighted by Gasteiger charge is 2.25. The highest BCUT2D eigenvalue weighted by molar-refractivity contribution is 6.30. The van der Waals surface area contributed by atoms with Crippen molar-refractivity contribution in [2.45, 2.75) is 44.8 Å². The molecular weight excluding hydrogens is 234 g/mol. The van der Waals surface area contributed by atoms with Gasteiger partial charge in [-0.2, -0.15) is 0 Å². The van der Waals surface area contributed by atoms with Crippen molar-refractivity contribution in [1.29, 1.82) is 0 Å². The molecule has 1 aliphatic rings. The van der Waals surface area contributed by atoms with Crippen molar-refractivity contribution in [3.05, 3.63) is 29.3 Å². The molecule has 0 bridgehead atoms. The Morgan fingerprint density at radius 2 is 1.94 bits per heavy atom. The predicted molar refractivity (Wildman–Crippen MR) is 71.8 cm³/mol. The lowest BCUT2D eigenvalue weighted by atomic mass is 9.92. The number of halogens is 1. The maximum absolute atomic E-state index is 6.05. The van der Waals surface area contributed by atoms with E-state index in [2.05, 4.69) is 12.2 Å². The van der Waals surface area contributed by atoms with Gasteiger partial charge in [-0.25, -0.2) is 0 Å². The van der Waals surface area contributed by atoms with Gasteiger partial charge in [0.15, 0.2) is 0 Å². The van der Waals surface area contributed by atoms with Crippen molar-refractivity contribution in [2.24, 2.45) is 0 Å². The van der Waals surface area contributed by atoms with Crippen LogP contribution in [0.15, 0.2) is 24.3 Å². The Morgan fingerprint density at radius 3 is 2.65 bits per heavy atom. The summed E-state index contributed by atoms with van der Waals surface area (Å²) in [5.41, 5.74) is 0. The van der Waals surface area contributed by atoms with Crippen LogP contribution < -0.4 is 10.1 Å². The summed E-state index contributed by atoms with van der Waals surface area (Å²) in [6, 6.07) is 8.13. The molecule has 2 atom stereocenters. The van der Waals surface area contributed by atoms with Crippen LogP contribution in [-0.2, 0) is 0 Å². The first-order chi connectivity index (χ1) is 8.29. The molecule has 17 heavy (non-hydrogen) atoms. The SMILES string of the molecule is CCNC1CCCCC1Oc1ccc(Cl)cc1. The quantitative estimate of drug-likeness (QED) is 0.885. The standard InChI is InChI=1S/C14H20ClNO/c1-2-16-13-5-3-4-6-14(13)17-12-9-7-11(15)8-10-12/h7-10,13-14,16H,2-6H2,1H3. The molecule has 0 aromatic heterocycles. The van der Waals surface area contributed by atoms with Crippen molar-refractivity contribution in [3.63, 3.8) is 0 Å². The third kappa shape index (κ3) is 3.62. The van der Waals surface area contributed by atoms with Crippen LogP contribution in [-0.4, -0.2) is 18.7 Å². The van der Waals surface area contributed by atoms with Crippen molar-refractivity contribution in [2.75, 3.05) is 6.54 Å². The molecule has 0 saturated heterocycles. The maximum Gasteiger partial charge on any atom is 0.119 e. The molecule has 2 unspecified atom stereocenters. The Bertz CT molecular complexity index is 337. The van der Waals surface area contributed by atoms with Gasteiger partial charge >= 0.3 is 0 Å². The van der Waals surface area contributed by atoms with E-state index >= 15 is 0 Å². The van der Waals surface area contributed by atoms with Crippen molar-refractivity contribution in [3.8, 4) is 5.75 Å². The molecule has 0 aliphatic heterocycles. The van der Waals surface area contributed by atoms with Gasteiger partial charge in [0.25, 0.3) is 0 Å². The van der Waals surface area contributed by atoms with Crippen LogP contribution in [0.25, 0.3) is 0 Å². The van der Waals surface area contributed by atoms with E-state index in [9.17, 15) is 0 Å². The molecule has 1 aromatic carbocycles. The molecule has 0 spiro atoms. The summed E-state index contributed by atoms with van der Waals surface area (Å²) in [4.78, 5) is 0. The first kappa shape index (κ1) is 12.7. The number of benzene rings is 1. The van der Waals surface area contributed by atoms with Gasteiger partial charge in [0, 0.05) is 11.1 Å². The average molecular weight is 254 g/mol. The van der Waals surface area contributed by atoms with Crippen LogP contribution in [0.1, 0.15) is 32.6 Å². The van der Waals surface area contributed by atoms with Crippen LogP contribution >= 0.6 is 11.6 Å². The van der Waals surface area contributed by atoms with Gasteiger partial charge in [-0.05, 0) is 50.1 Å². The lowest BCUT2D eigenvalue weighted by molar-refractivity contribution is 0.115. The number of hydrogen-bond acceptors (Lipinski definition) is 2. The molecule has 94 valence electrons. The molecule has 2 nitrogen and oxygen atoms in total. The molecule has 0 radical (unpaired) electrons. The first-order valence-electron chi connectivity index (χ1n) is 6.45. The molecule has 0 heterocycles. The second kappa shape index (κ2) is 6.27. The third-order valence-electron chi connectivity index (χ3n) is 3.27. The molecule has 2 rings (SSSR count). The zero-order chi connectivity index (χ0) is 12.1. The Balaban J connectivity index is 1.97. The third-order valence-corrected chi connectivity index (χ3v) is 3.52. The number of hydrogen-bond donors (Lipinski definition) is 1. The normalized spacial score (nSPS) is 24.6. The summed E-state index contributed by atoms with van der Waals surface area (Å²) >= 11 is 5.86. The van der Waals surface area contributed by atoms with Gasteiger partial charge in [0.1, 0.15) is 11.9 Å². The summed E-state index contributed by atoms with van der Waals surface area (Å²) in [5.74, 6) is 0.921. The lowest BCUT2D eigenvalue weighted by Crippen LogP contribution is -2.45. The summed E-state index contributed by atoms with van der Waals surface area (Å²) in [5, 5.41) is 4.27. The molecule has 0 amide bonds. The smallest absolute Gasteiger partial charge is 0.119 e. The fourth-order valence-corrected chi connectivity index (χ4v) is 2.55. The van der Waals surface area contributed by atoms with Crippen LogP contribution in [0.5, 0.6) is 5.75 Å². The van der Waals surface area contributed by atoms with Gasteiger partial charge in [0.05, 0.1) is 0 Å². The fourth-order valence-electron chi connectivity index (χ4n) is 2.42. The van der Waals surface area contributed by atoms with Crippen LogP contribution in [0.2, 0.25) is 5.02 Å². The Morgan fingerprint density at radius 1 is 1.24 bits per heavy atom. The van der Waals surface area contributed by atoms with Gasteiger partial charge in [-0.1, -0.05) is 24.9 Å². The number of ether oxygens (including phenoxy) is 1. The van der Waals surface area contributed by atoms with E-state index in [0.717, 1.165) is 23.7 Å². The fraction of sp³-hybridized carbons (Fsp3) is 0.571. The van der Waals surface area contributed by atoms with E-state index < -0.39 is 0 Å². The molecule has 1 saturated carbocycles. The maximum atomic E-state index is 6.05. The topological polar surface area (TPSA) is 21.3 Å². The second-order valence-corrected chi connectivity index (χ2v) is 5.00. The highest BCUT2D eigenvalue weighted by atomic mass is 35.5. The van der Waals surface area contributed by atoms with Gasteiger partial charge in [0.2, 0.25) is 0 Å². The minimum atomic E-state index is 0.296. The summed E-state index contributed by atoms with van der Waals surface area (Å²) < 4.78 is 6.05. The van der Waals surface area contributed by atoms with E-state index in [-0.39, 0.29) is 0 Å². The molecule has 1 N–H and O–H groups in total. The predicted octanol–water partition coefficient (Wildman–Crippen LogP) is 3.64. The monoisotopic (exact) mass is 253 g/mol. The Labute approximate surface area is 108 Å². The number of nitrogens with one attached hydrogen (secondary N) is 1.